The van der Waals surface area contributed by atoms with Gasteiger partial charge in [-0.25, -0.2) is 4.90 Å². The number of benzene rings is 1. The van der Waals surface area contributed by atoms with Crippen LogP contribution in [-0.4, -0.2) is 35.2 Å². The number of amides is 3. The third-order valence-corrected chi connectivity index (χ3v) is 4.19. The van der Waals surface area contributed by atoms with E-state index >= 15 is 0 Å². The van der Waals surface area contributed by atoms with Gasteiger partial charge in [0.05, 0.1) is 5.69 Å². The van der Waals surface area contributed by atoms with Crippen LogP contribution in [0.15, 0.2) is 24.3 Å². The fraction of sp³-hybridized carbons (Fsp3) is 0.471. The Hall–Kier alpha value is -2.37. The first kappa shape index (κ1) is 17.0. The van der Waals surface area contributed by atoms with Crippen molar-refractivity contribution < 1.29 is 14.4 Å². The first-order valence-electron chi connectivity index (χ1n) is 7.96. The van der Waals surface area contributed by atoms with Crippen molar-refractivity contribution in [1.29, 1.82) is 0 Å². The molecule has 0 bridgehead atoms. The molecule has 0 saturated carbocycles. The van der Waals surface area contributed by atoms with Gasteiger partial charge in [-0.2, -0.15) is 0 Å². The number of rotatable bonds is 2. The van der Waals surface area contributed by atoms with Crippen LogP contribution in [0, 0.1) is 0 Å². The van der Waals surface area contributed by atoms with Crippen LogP contribution < -0.4 is 10.6 Å². The molecule has 124 valence electrons. The lowest BCUT2D eigenvalue weighted by Gasteiger charge is -2.35. The van der Waals surface area contributed by atoms with E-state index < -0.39 is 17.7 Å². The molecule has 2 rings (SSSR count). The second kappa shape index (κ2) is 7.26. The van der Waals surface area contributed by atoms with Crippen molar-refractivity contribution in [1.82, 2.24) is 4.90 Å². The van der Waals surface area contributed by atoms with E-state index in [-0.39, 0.29) is 6.04 Å². The Labute approximate surface area is 136 Å². The minimum atomic E-state index is -0.816. The predicted molar refractivity (Wildman–Crippen MR) is 88.7 cm³/mol. The molecule has 23 heavy (non-hydrogen) atoms. The average Bonchev–Trinajstić information content (AvgIpc) is 2.54. The lowest BCUT2D eigenvalue weighted by molar-refractivity contribution is -0.148. The van der Waals surface area contributed by atoms with Crippen LogP contribution >= 0.6 is 0 Å². The smallest absolute Gasteiger partial charge is 0.323 e. The molecule has 1 aromatic rings. The van der Waals surface area contributed by atoms with Crippen molar-refractivity contribution in [3.05, 3.63) is 24.3 Å². The topological polar surface area (TPSA) is 83.7 Å². The van der Waals surface area contributed by atoms with Crippen LogP contribution in [0.5, 0.6) is 0 Å². The summed E-state index contributed by atoms with van der Waals surface area (Å²) in [6, 6.07) is 6.48. The summed E-state index contributed by atoms with van der Waals surface area (Å²) in [5, 5.41) is 0. The van der Waals surface area contributed by atoms with E-state index in [0.717, 1.165) is 30.6 Å². The maximum Gasteiger partial charge on any atom is 0.323 e. The van der Waals surface area contributed by atoms with Crippen LogP contribution in [0.25, 0.3) is 0 Å². The van der Waals surface area contributed by atoms with Gasteiger partial charge in [-0.1, -0.05) is 13.0 Å². The standard InChI is InChI=1S/C17H23N3O3/c1-3-14-8-4-5-10-19(14)16(22)17(23)20(12(2)21)15-9-6-7-13(18)11-15/h6-7,9,11,14H,3-5,8,10,18H2,1-2H3. The monoisotopic (exact) mass is 317 g/mol. The molecule has 1 fully saturated rings. The maximum atomic E-state index is 12.6. The molecular formula is C17H23N3O3. The Balaban J connectivity index is 2.27. The lowest BCUT2D eigenvalue weighted by Crippen LogP contribution is -2.52. The first-order chi connectivity index (χ1) is 11.0. The number of carbonyl (C=O) groups excluding carboxylic acids is 3. The number of hydrogen-bond donors (Lipinski definition) is 1. The number of nitrogens with zero attached hydrogens (tertiary/aromatic N) is 2. The summed E-state index contributed by atoms with van der Waals surface area (Å²) in [6.45, 7) is 3.83. The molecule has 1 aliphatic rings. The Morgan fingerprint density at radius 1 is 1.30 bits per heavy atom. The molecule has 0 spiro atoms. The third kappa shape index (κ3) is 3.70. The number of piperidine rings is 1. The van der Waals surface area contributed by atoms with Crippen LogP contribution in [0.3, 0.4) is 0 Å². The summed E-state index contributed by atoms with van der Waals surface area (Å²) in [4.78, 5) is 39.7. The summed E-state index contributed by atoms with van der Waals surface area (Å²) in [5.74, 6) is -1.93. The van der Waals surface area contributed by atoms with E-state index in [4.69, 9.17) is 5.73 Å². The van der Waals surface area contributed by atoms with Crippen LogP contribution in [0.1, 0.15) is 39.5 Å². The lowest BCUT2D eigenvalue weighted by atomic mass is 10.00. The summed E-state index contributed by atoms with van der Waals surface area (Å²) in [6.07, 6.45) is 3.64. The van der Waals surface area contributed by atoms with Crippen molar-refractivity contribution in [3.8, 4) is 0 Å². The fourth-order valence-electron chi connectivity index (χ4n) is 3.02. The van der Waals surface area contributed by atoms with E-state index in [1.54, 1.807) is 23.1 Å². The number of nitrogen functional groups attached to an aromatic ring is 1. The molecule has 0 radical (unpaired) electrons. The number of anilines is 2. The Morgan fingerprint density at radius 3 is 2.65 bits per heavy atom. The molecule has 0 aromatic heterocycles. The van der Waals surface area contributed by atoms with Crippen molar-refractivity contribution >= 4 is 29.1 Å². The highest BCUT2D eigenvalue weighted by molar-refractivity contribution is 6.45. The van der Waals surface area contributed by atoms with Crippen molar-refractivity contribution in [2.24, 2.45) is 0 Å². The van der Waals surface area contributed by atoms with Gasteiger partial charge in [-0.3, -0.25) is 14.4 Å². The molecule has 1 aliphatic heterocycles. The number of imide groups is 1. The van der Waals surface area contributed by atoms with Crippen molar-refractivity contribution in [2.45, 2.75) is 45.6 Å². The van der Waals surface area contributed by atoms with Gasteiger partial charge >= 0.3 is 11.8 Å². The molecule has 0 aliphatic carbocycles. The zero-order valence-corrected chi connectivity index (χ0v) is 13.6. The maximum absolute atomic E-state index is 12.6. The highest BCUT2D eigenvalue weighted by Gasteiger charge is 2.34. The molecule has 1 aromatic carbocycles. The zero-order chi connectivity index (χ0) is 17.0. The first-order valence-corrected chi connectivity index (χ1v) is 7.96. The molecule has 6 nitrogen and oxygen atoms in total. The van der Waals surface area contributed by atoms with E-state index in [1.807, 2.05) is 6.92 Å². The minimum Gasteiger partial charge on any atom is -0.399 e. The highest BCUT2D eigenvalue weighted by Crippen LogP contribution is 2.22. The summed E-state index contributed by atoms with van der Waals surface area (Å²) in [5.41, 5.74) is 6.46. The summed E-state index contributed by atoms with van der Waals surface area (Å²) < 4.78 is 0. The average molecular weight is 317 g/mol. The van der Waals surface area contributed by atoms with Gasteiger partial charge in [-0.15, -0.1) is 0 Å². The van der Waals surface area contributed by atoms with Gasteiger partial charge in [0, 0.05) is 25.2 Å². The van der Waals surface area contributed by atoms with Crippen molar-refractivity contribution in [3.63, 3.8) is 0 Å². The molecule has 6 heteroatoms. The van der Waals surface area contributed by atoms with Crippen LogP contribution in [0.2, 0.25) is 0 Å². The summed E-state index contributed by atoms with van der Waals surface area (Å²) in [7, 11) is 0. The molecule has 2 N–H and O–H groups in total. The predicted octanol–water partition coefficient (Wildman–Crippen LogP) is 1.94. The quantitative estimate of drug-likeness (QED) is 0.667. The number of carbonyl (C=O) groups is 3. The Morgan fingerprint density at radius 2 is 2.04 bits per heavy atom. The minimum absolute atomic E-state index is 0.0647. The highest BCUT2D eigenvalue weighted by atomic mass is 16.2. The normalized spacial score (nSPS) is 17.7. The number of likely N-dealkylation sites (tertiary alicyclic amines) is 1. The molecular weight excluding hydrogens is 294 g/mol. The van der Waals surface area contributed by atoms with Crippen molar-refractivity contribution in [2.75, 3.05) is 17.2 Å². The van der Waals surface area contributed by atoms with E-state index in [0.29, 0.717) is 17.9 Å². The summed E-state index contributed by atoms with van der Waals surface area (Å²) >= 11 is 0. The number of hydrogen-bond acceptors (Lipinski definition) is 4. The number of nitrogens with two attached hydrogens (primary N) is 1. The van der Waals surface area contributed by atoms with Gasteiger partial charge in [0.1, 0.15) is 0 Å². The Bertz CT molecular complexity index is 615. The molecule has 1 atom stereocenters. The van der Waals surface area contributed by atoms with E-state index in [2.05, 4.69) is 0 Å². The van der Waals surface area contributed by atoms with Gasteiger partial charge < -0.3 is 10.6 Å². The van der Waals surface area contributed by atoms with Crippen LogP contribution in [0.4, 0.5) is 11.4 Å². The SMILES string of the molecule is CCC1CCCCN1C(=O)C(=O)N(C(C)=O)c1cccc(N)c1. The van der Waals surface area contributed by atoms with Gasteiger partial charge in [0.2, 0.25) is 5.91 Å². The van der Waals surface area contributed by atoms with Gasteiger partial charge in [0.15, 0.2) is 0 Å². The van der Waals surface area contributed by atoms with E-state index in [9.17, 15) is 14.4 Å². The second-order valence-electron chi connectivity index (χ2n) is 5.81. The molecule has 1 heterocycles. The zero-order valence-electron chi connectivity index (χ0n) is 13.6. The molecule has 3 amide bonds. The van der Waals surface area contributed by atoms with Crippen LogP contribution in [-0.2, 0) is 14.4 Å². The third-order valence-electron chi connectivity index (χ3n) is 4.19. The van der Waals surface area contributed by atoms with Gasteiger partial charge in [0.25, 0.3) is 0 Å². The molecule has 1 unspecified atom stereocenters. The largest absolute Gasteiger partial charge is 0.399 e. The van der Waals surface area contributed by atoms with E-state index in [1.165, 1.54) is 13.0 Å². The second-order valence-corrected chi connectivity index (χ2v) is 5.81. The Kier molecular flexibility index (Phi) is 5.36. The fourth-order valence-corrected chi connectivity index (χ4v) is 3.02. The van der Waals surface area contributed by atoms with Gasteiger partial charge in [-0.05, 0) is 43.9 Å². The molecule has 1 saturated heterocycles.